The van der Waals surface area contributed by atoms with Crippen LogP contribution in [0.1, 0.15) is 29.5 Å². The third kappa shape index (κ3) is 6.48. The maximum atomic E-state index is 13.3. The maximum absolute atomic E-state index is 13.3. The van der Waals surface area contributed by atoms with Gasteiger partial charge in [0.2, 0.25) is 5.91 Å². The molecule has 0 N–H and O–H groups in total. The Balaban J connectivity index is 0.00000300. The number of hydrogen-bond acceptors (Lipinski definition) is 3. The van der Waals surface area contributed by atoms with Crippen molar-refractivity contribution in [2.75, 3.05) is 39.1 Å². The zero-order valence-corrected chi connectivity index (χ0v) is 18.9. The van der Waals surface area contributed by atoms with Crippen molar-refractivity contribution in [2.24, 2.45) is 0 Å². The SMILES string of the molecule is Cc1ccc(CN(C(=O)Cc2ccc(N(C)C)cc2)C2CCN(C)CC2)cc1.Cl. The fourth-order valence-electron chi connectivity index (χ4n) is 3.81. The molecule has 4 nitrogen and oxygen atoms in total. The van der Waals surface area contributed by atoms with E-state index >= 15 is 0 Å². The van der Waals surface area contributed by atoms with E-state index in [0.717, 1.165) is 37.2 Å². The molecule has 5 heteroatoms. The van der Waals surface area contributed by atoms with Crippen LogP contribution >= 0.6 is 12.4 Å². The number of benzene rings is 2. The predicted octanol–water partition coefficient (Wildman–Crippen LogP) is 4.15. The van der Waals surface area contributed by atoms with Crippen LogP contribution in [0.25, 0.3) is 0 Å². The lowest BCUT2D eigenvalue weighted by atomic mass is 10.0. The van der Waals surface area contributed by atoms with Crippen molar-refractivity contribution >= 4 is 24.0 Å². The summed E-state index contributed by atoms with van der Waals surface area (Å²) in [5, 5.41) is 0. The number of nitrogens with zero attached hydrogens (tertiary/aromatic N) is 3. The fraction of sp³-hybridized carbons (Fsp3) is 0.458. The minimum absolute atomic E-state index is 0. The summed E-state index contributed by atoms with van der Waals surface area (Å²) >= 11 is 0. The Bertz CT molecular complexity index is 766. The monoisotopic (exact) mass is 415 g/mol. The fourth-order valence-corrected chi connectivity index (χ4v) is 3.81. The molecule has 1 aliphatic heterocycles. The third-order valence-corrected chi connectivity index (χ3v) is 5.73. The van der Waals surface area contributed by atoms with Gasteiger partial charge in [-0.3, -0.25) is 4.79 Å². The number of carbonyl (C=O) groups is 1. The summed E-state index contributed by atoms with van der Waals surface area (Å²) in [5.74, 6) is 0.229. The Kier molecular flexibility index (Phi) is 8.54. The summed E-state index contributed by atoms with van der Waals surface area (Å²) in [6.07, 6.45) is 2.56. The molecule has 2 aromatic rings. The molecule has 1 aliphatic rings. The van der Waals surface area contributed by atoms with Crippen molar-refractivity contribution in [1.82, 2.24) is 9.80 Å². The van der Waals surface area contributed by atoms with Gasteiger partial charge in [-0.05, 0) is 63.2 Å². The quantitative estimate of drug-likeness (QED) is 0.709. The van der Waals surface area contributed by atoms with Crippen LogP contribution in [0.4, 0.5) is 5.69 Å². The molecule has 0 bridgehead atoms. The van der Waals surface area contributed by atoms with Crippen LogP contribution in [0.5, 0.6) is 0 Å². The van der Waals surface area contributed by atoms with Crippen molar-refractivity contribution in [3.8, 4) is 0 Å². The highest BCUT2D eigenvalue weighted by atomic mass is 35.5. The van der Waals surface area contributed by atoms with Gasteiger partial charge in [0.05, 0.1) is 6.42 Å². The van der Waals surface area contributed by atoms with E-state index in [1.165, 1.54) is 11.1 Å². The largest absolute Gasteiger partial charge is 0.378 e. The summed E-state index contributed by atoms with van der Waals surface area (Å²) in [6, 6.07) is 17.2. The van der Waals surface area contributed by atoms with E-state index in [2.05, 4.69) is 77.2 Å². The van der Waals surface area contributed by atoms with E-state index in [1.54, 1.807) is 0 Å². The number of rotatable bonds is 6. The second-order valence-electron chi connectivity index (χ2n) is 8.28. The Hall–Kier alpha value is -2.04. The molecule has 0 aromatic heterocycles. The summed E-state index contributed by atoms with van der Waals surface area (Å²) in [7, 11) is 6.22. The van der Waals surface area contributed by atoms with Crippen LogP contribution in [0.2, 0.25) is 0 Å². The van der Waals surface area contributed by atoms with Crippen LogP contribution in [0.3, 0.4) is 0 Å². The molecular formula is C24H34ClN3O. The molecule has 1 heterocycles. The molecule has 158 valence electrons. The lowest BCUT2D eigenvalue weighted by Gasteiger charge is -2.37. The molecule has 29 heavy (non-hydrogen) atoms. The van der Waals surface area contributed by atoms with Crippen LogP contribution in [0, 0.1) is 6.92 Å². The second-order valence-corrected chi connectivity index (χ2v) is 8.28. The highest BCUT2D eigenvalue weighted by Gasteiger charge is 2.27. The number of amides is 1. The zero-order valence-electron chi connectivity index (χ0n) is 18.1. The Morgan fingerprint density at radius 3 is 2.07 bits per heavy atom. The lowest BCUT2D eigenvalue weighted by molar-refractivity contribution is -0.134. The molecule has 0 atom stereocenters. The summed E-state index contributed by atoms with van der Waals surface area (Å²) in [6.45, 7) is 4.91. The minimum atomic E-state index is 0. The third-order valence-electron chi connectivity index (χ3n) is 5.73. The van der Waals surface area contributed by atoms with Gasteiger partial charge >= 0.3 is 0 Å². The Labute approximate surface area is 181 Å². The first-order chi connectivity index (χ1) is 13.4. The van der Waals surface area contributed by atoms with Gasteiger partial charge in [0, 0.05) is 32.4 Å². The standard InChI is InChI=1S/C24H33N3O.ClH/c1-19-5-7-21(8-6-19)18-27(23-13-15-26(4)16-14-23)24(28)17-20-9-11-22(12-10-20)25(2)3;/h5-12,23H,13-18H2,1-4H3;1H. The van der Waals surface area contributed by atoms with E-state index in [0.29, 0.717) is 19.0 Å². The van der Waals surface area contributed by atoms with Gasteiger partial charge < -0.3 is 14.7 Å². The molecule has 2 aromatic carbocycles. The molecule has 0 aliphatic carbocycles. The summed E-state index contributed by atoms with van der Waals surface area (Å²) < 4.78 is 0. The molecule has 0 saturated carbocycles. The number of carbonyl (C=O) groups excluding carboxylic acids is 1. The number of anilines is 1. The van der Waals surface area contributed by atoms with E-state index < -0.39 is 0 Å². The minimum Gasteiger partial charge on any atom is -0.378 e. The van der Waals surface area contributed by atoms with Crippen molar-refractivity contribution in [3.63, 3.8) is 0 Å². The van der Waals surface area contributed by atoms with Gasteiger partial charge in [0.15, 0.2) is 0 Å². The molecule has 0 radical (unpaired) electrons. The van der Waals surface area contributed by atoms with Gasteiger partial charge in [-0.1, -0.05) is 42.0 Å². The van der Waals surface area contributed by atoms with E-state index in [4.69, 9.17) is 0 Å². The number of likely N-dealkylation sites (tertiary alicyclic amines) is 1. The summed E-state index contributed by atoms with van der Waals surface area (Å²) in [4.78, 5) is 19.8. The first-order valence-electron chi connectivity index (χ1n) is 10.2. The van der Waals surface area contributed by atoms with Crippen LogP contribution in [-0.4, -0.2) is 56.0 Å². The van der Waals surface area contributed by atoms with Gasteiger partial charge in [-0.2, -0.15) is 0 Å². The zero-order chi connectivity index (χ0) is 20.1. The van der Waals surface area contributed by atoms with Crippen molar-refractivity contribution in [1.29, 1.82) is 0 Å². The molecule has 3 rings (SSSR count). The van der Waals surface area contributed by atoms with E-state index in [1.807, 2.05) is 14.1 Å². The summed E-state index contributed by atoms with van der Waals surface area (Å²) in [5.41, 5.74) is 4.70. The first kappa shape index (κ1) is 23.2. The van der Waals surface area contributed by atoms with E-state index in [9.17, 15) is 4.79 Å². The molecule has 1 amide bonds. The van der Waals surface area contributed by atoms with Crippen LogP contribution < -0.4 is 4.90 Å². The highest BCUT2D eigenvalue weighted by Crippen LogP contribution is 2.21. The van der Waals surface area contributed by atoms with Gasteiger partial charge in [-0.15, -0.1) is 12.4 Å². The normalized spacial score (nSPS) is 14.9. The smallest absolute Gasteiger partial charge is 0.227 e. The molecule has 0 unspecified atom stereocenters. The lowest BCUT2D eigenvalue weighted by Crippen LogP contribution is -2.46. The first-order valence-corrected chi connectivity index (χ1v) is 10.2. The number of aryl methyl sites for hydroxylation is 1. The predicted molar refractivity (Wildman–Crippen MR) is 124 cm³/mol. The van der Waals surface area contributed by atoms with Gasteiger partial charge in [-0.25, -0.2) is 0 Å². The number of hydrogen-bond donors (Lipinski definition) is 0. The maximum Gasteiger partial charge on any atom is 0.227 e. The number of halogens is 1. The molecule has 1 fully saturated rings. The number of piperidine rings is 1. The van der Waals surface area contributed by atoms with Gasteiger partial charge in [0.25, 0.3) is 0 Å². The Morgan fingerprint density at radius 1 is 0.966 bits per heavy atom. The van der Waals surface area contributed by atoms with Crippen molar-refractivity contribution < 1.29 is 4.79 Å². The van der Waals surface area contributed by atoms with Crippen molar-refractivity contribution in [2.45, 2.75) is 38.8 Å². The van der Waals surface area contributed by atoms with Crippen molar-refractivity contribution in [3.05, 3.63) is 65.2 Å². The Morgan fingerprint density at radius 2 is 1.52 bits per heavy atom. The van der Waals surface area contributed by atoms with Crippen LogP contribution in [-0.2, 0) is 17.8 Å². The highest BCUT2D eigenvalue weighted by molar-refractivity contribution is 5.85. The molecule has 0 spiro atoms. The van der Waals surface area contributed by atoms with Gasteiger partial charge in [0.1, 0.15) is 0 Å². The molecular weight excluding hydrogens is 382 g/mol. The topological polar surface area (TPSA) is 26.8 Å². The average Bonchev–Trinajstić information content (AvgIpc) is 2.68. The van der Waals surface area contributed by atoms with Crippen LogP contribution in [0.15, 0.2) is 48.5 Å². The average molecular weight is 416 g/mol. The van der Waals surface area contributed by atoms with E-state index in [-0.39, 0.29) is 18.3 Å². The second kappa shape index (κ2) is 10.7. The molecule has 1 saturated heterocycles.